The van der Waals surface area contributed by atoms with Crippen LogP contribution in [-0.2, 0) is 4.79 Å². The molecule has 0 unspecified atom stereocenters. The van der Waals surface area contributed by atoms with Crippen LogP contribution in [0.4, 0.5) is 5.69 Å². The molecular weight excluding hydrogens is 420 g/mol. The minimum Gasteiger partial charge on any atom is -0.346 e. The molecule has 2 amide bonds. The molecule has 0 fully saturated rings. The van der Waals surface area contributed by atoms with E-state index >= 15 is 0 Å². The van der Waals surface area contributed by atoms with E-state index in [0.29, 0.717) is 12.0 Å². The van der Waals surface area contributed by atoms with Crippen LogP contribution in [0.15, 0.2) is 65.4 Å². The molecule has 3 rings (SSSR count). The number of rotatable bonds is 6. The zero-order valence-corrected chi connectivity index (χ0v) is 17.2. The zero-order valence-electron chi connectivity index (χ0n) is 15.6. The molecule has 0 bridgehead atoms. The molecule has 28 heavy (non-hydrogen) atoms. The van der Waals surface area contributed by atoms with Gasteiger partial charge in [-0.15, -0.1) is 0 Å². The molecule has 2 aromatic carbocycles. The highest BCUT2D eigenvalue weighted by Crippen LogP contribution is 2.18. The molecule has 3 aromatic rings. The van der Waals surface area contributed by atoms with E-state index in [9.17, 15) is 9.59 Å². The zero-order chi connectivity index (χ0) is 20.1. The van der Waals surface area contributed by atoms with Crippen LogP contribution in [0.2, 0.25) is 0 Å². The first-order valence-corrected chi connectivity index (χ1v) is 9.77. The average Bonchev–Trinajstić information content (AvgIpc) is 3.15. The molecule has 2 N–H and O–H groups in total. The fourth-order valence-electron chi connectivity index (χ4n) is 2.70. The summed E-state index contributed by atoms with van der Waals surface area (Å²) in [6.45, 7) is 3.73. The first-order chi connectivity index (χ1) is 13.5. The van der Waals surface area contributed by atoms with Gasteiger partial charge < -0.3 is 10.6 Å². The van der Waals surface area contributed by atoms with E-state index in [1.807, 2.05) is 56.4 Å². The topological polar surface area (TPSA) is 76.0 Å². The Morgan fingerprint density at radius 3 is 2.57 bits per heavy atom. The number of carbonyl (C=O) groups excluding carboxylic acids is 2. The molecule has 0 aliphatic heterocycles. The lowest BCUT2D eigenvalue weighted by Gasteiger charge is -2.15. The van der Waals surface area contributed by atoms with Crippen LogP contribution in [0.5, 0.6) is 0 Å². The number of benzene rings is 2. The van der Waals surface area contributed by atoms with Gasteiger partial charge in [-0.1, -0.05) is 25.1 Å². The van der Waals surface area contributed by atoms with E-state index in [2.05, 4.69) is 31.7 Å². The van der Waals surface area contributed by atoms with Crippen molar-refractivity contribution in [2.24, 2.45) is 0 Å². The Balaban J connectivity index is 1.68. The van der Waals surface area contributed by atoms with Gasteiger partial charge in [0.1, 0.15) is 0 Å². The number of nitrogens with zero attached hydrogens (tertiary/aromatic N) is 2. The van der Waals surface area contributed by atoms with Gasteiger partial charge in [0.05, 0.1) is 22.4 Å². The largest absolute Gasteiger partial charge is 0.346 e. The van der Waals surface area contributed by atoms with Crippen molar-refractivity contribution in [2.45, 2.75) is 26.3 Å². The fraction of sp³-hybridized carbons (Fsp3) is 0.190. The van der Waals surface area contributed by atoms with Gasteiger partial charge in [-0.2, -0.15) is 5.10 Å². The number of halogens is 1. The molecule has 1 heterocycles. The van der Waals surface area contributed by atoms with Gasteiger partial charge in [-0.05, 0) is 58.7 Å². The number of nitrogens with one attached hydrogen (secondary N) is 2. The van der Waals surface area contributed by atoms with Gasteiger partial charge >= 0.3 is 0 Å². The maximum Gasteiger partial charge on any atom is 0.251 e. The molecule has 6 nitrogen and oxygen atoms in total. The molecule has 1 atom stereocenters. The second-order valence-corrected chi connectivity index (χ2v) is 7.29. The molecule has 7 heteroatoms. The summed E-state index contributed by atoms with van der Waals surface area (Å²) in [7, 11) is 0. The Morgan fingerprint density at radius 2 is 1.93 bits per heavy atom. The first kappa shape index (κ1) is 19.8. The average molecular weight is 441 g/mol. The molecule has 0 spiro atoms. The lowest BCUT2D eigenvalue weighted by molar-refractivity contribution is -0.115. The summed E-state index contributed by atoms with van der Waals surface area (Å²) < 4.78 is 2.57. The van der Waals surface area contributed by atoms with Crippen molar-refractivity contribution in [3.8, 4) is 5.69 Å². The maximum atomic E-state index is 12.7. The van der Waals surface area contributed by atoms with Crippen molar-refractivity contribution in [1.82, 2.24) is 15.1 Å². The van der Waals surface area contributed by atoms with Crippen LogP contribution in [0, 0.1) is 0 Å². The van der Waals surface area contributed by atoms with Crippen LogP contribution >= 0.6 is 15.9 Å². The van der Waals surface area contributed by atoms with Crippen LogP contribution in [0.25, 0.3) is 5.69 Å². The van der Waals surface area contributed by atoms with Gasteiger partial charge in [-0.25, -0.2) is 4.68 Å². The van der Waals surface area contributed by atoms with E-state index in [1.165, 1.54) is 0 Å². The summed E-state index contributed by atoms with van der Waals surface area (Å²) in [6.07, 6.45) is 3.96. The van der Waals surface area contributed by atoms with E-state index in [4.69, 9.17) is 0 Å². The number of hydrogen-bond acceptors (Lipinski definition) is 3. The Kier molecular flexibility index (Phi) is 6.26. The van der Waals surface area contributed by atoms with E-state index in [1.54, 1.807) is 23.0 Å². The van der Waals surface area contributed by atoms with Crippen molar-refractivity contribution in [3.63, 3.8) is 0 Å². The molecular formula is C21H21BrN4O2. The number of aromatic nitrogens is 2. The second kappa shape index (κ2) is 8.84. The molecule has 0 aliphatic rings. The maximum absolute atomic E-state index is 12.7. The van der Waals surface area contributed by atoms with Crippen molar-refractivity contribution >= 4 is 33.4 Å². The summed E-state index contributed by atoms with van der Waals surface area (Å²) in [4.78, 5) is 24.1. The number of carbonyl (C=O) groups is 2. The minimum absolute atomic E-state index is 0.0294. The smallest absolute Gasteiger partial charge is 0.251 e. The molecule has 0 saturated heterocycles. The van der Waals surface area contributed by atoms with Crippen LogP contribution in [0.3, 0.4) is 0 Å². The summed E-state index contributed by atoms with van der Waals surface area (Å²) in [5, 5.41) is 10.1. The van der Waals surface area contributed by atoms with Gasteiger partial charge in [0.2, 0.25) is 5.91 Å². The monoisotopic (exact) mass is 440 g/mol. The van der Waals surface area contributed by atoms with E-state index < -0.39 is 0 Å². The fourth-order valence-corrected chi connectivity index (χ4v) is 2.99. The van der Waals surface area contributed by atoms with Crippen LogP contribution in [-0.4, -0.2) is 21.6 Å². The summed E-state index contributed by atoms with van der Waals surface area (Å²) in [6, 6.07) is 14.6. The van der Waals surface area contributed by atoms with Crippen molar-refractivity contribution in [3.05, 3.63) is 76.5 Å². The molecule has 0 saturated carbocycles. The van der Waals surface area contributed by atoms with Crippen LogP contribution < -0.4 is 10.6 Å². The SMILES string of the molecule is CCC(=O)Nc1ccc([C@H](C)NC(=O)c2cccc(-n3cc(Br)cn3)c2)cc1. The van der Waals surface area contributed by atoms with E-state index in [0.717, 1.165) is 21.4 Å². The quantitative estimate of drug-likeness (QED) is 0.593. The molecule has 1 aromatic heterocycles. The normalized spacial score (nSPS) is 11.7. The van der Waals surface area contributed by atoms with Gasteiger partial charge in [0, 0.05) is 23.9 Å². The predicted molar refractivity (Wildman–Crippen MR) is 113 cm³/mol. The standard InChI is InChI=1S/C21H21BrN4O2/c1-3-20(27)25-18-9-7-15(8-10-18)14(2)24-21(28)16-5-4-6-19(11-16)26-13-17(22)12-23-26/h4-14H,3H2,1-2H3,(H,24,28)(H,25,27)/t14-/m0/s1. The lowest BCUT2D eigenvalue weighted by atomic mass is 10.1. The molecule has 0 aliphatic carbocycles. The highest BCUT2D eigenvalue weighted by Gasteiger charge is 2.13. The van der Waals surface area contributed by atoms with E-state index in [-0.39, 0.29) is 17.9 Å². The second-order valence-electron chi connectivity index (χ2n) is 6.37. The van der Waals surface area contributed by atoms with Gasteiger partial charge in [-0.3, -0.25) is 9.59 Å². The summed E-state index contributed by atoms with van der Waals surface area (Å²) in [5.41, 5.74) is 3.06. The van der Waals surface area contributed by atoms with Crippen molar-refractivity contribution in [1.29, 1.82) is 0 Å². The summed E-state index contributed by atoms with van der Waals surface area (Å²) in [5.74, 6) is -0.192. The first-order valence-electron chi connectivity index (χ1n) is 8.97. The highest BCUT2D eigenvalue weighted by atomic mass is 79.9. The Morgan fingerprint density at radius 1 is 1.18 bits per heavy atom. The number of anilines is 1. The third kappa shape index (κ3) is 4.86. The Hall–Kier alpha value is -2.93. The highest BCUT2D eigenvalue weighted by molar-refractivity contribution is 9.10. The number of amides is 2. The molecule has 144 valence electrons. The van der Waals surface area contributed by atoms with Crippen molar-refractivity contribution < 1.29 is 9.59 Å². The Bertz CT molecular complexity index is 982. The summed E-state index contributed by atoms with van der Waals surface area (Å²) >= 11 is 3.37. The van der Waals surface area contributed by atoms with Gasteiger partial charge in [0.25, 0.3) is 5.91 Å². The third-order valence-corrected chi connectivity index (χ3v) is 4.70. The third-order valence-electron chi connectivity index (χ3n) is 4.29. The Labute approximate surface area is 172 Å². The van der Waals surface area contributed by atoms with Gasteiger partial charge in [0.15, 0.2) is 0 Å². The van der Waals surface area contributed by atoms with Crippen LogP contribution in [0.1, 0.15) is 42.2 Å². The van der Waals surface area contributed by atoms with Crippen molar-refractivity contribution in [2.75, 3.05) is 5.32 Å². The number of hydrogen-bond donors (Lipinski definition) is 2. The molecule has 0 radical (unpaired) electrons. The predicted octanol–water partition coefficient (Wildman–Crippen LogP) is 4.47. The lowest BCUT2D eigenvalue weighted by Crippen LogP contribution is -2.26. The minimum atomic E-state index is -0.175.